The van der Waals surface area contributed by atoms with Gasteiger partial charge in [0, 0.05) is 60.0 Å². The first-order chi connectivity index (χ1) is 9.79. The Balaban J connectivity index is 0.00000132. The van der Waals surface area contributed by atoms with Gasteiger partial charge in [-0.25, -0.2) is 4.39 Å². The van der Waals surface area contributed by atoms with Gasteiger partial charge in [-0.2, -0.15) is 5.10 Å². The van der Waals surface area contributed by atoms with E-state index in [9.17, 15) is 4.39 Å². The second kappa shape index (κ2) is 5.33. The SMILES string of the molecule is C.Fc1ccc2c(-c3cnn(CC4CNC4)c3)c[nH]c2c1. The number of nitrogens with zero attached hydrogens (tertiary/aromatic N) is 2. The molecule has 1 aliphatic heterocycles. The van der Waals surface area contributed by atoms with Gasteiger partial charge >= 0.3 is 0 Å². The Bertz CT molecular complexity index is 755. The van der Waals surface area contributed by atoms with E-state index in [2.05, 4.69) is 21.6 Å². The largest absolute Gasteiger partial charge is 0.360 e. The van der Waals surface area contributed by atoms with Crippen molar-refractivity contribution in [3.8, 4) is 11.1 Å². The number of hydrogen-bond donors (Lipinski definition) is 2. The smallest absolute Gasteiger partial charge is 0.125 e. The molecule has 1 saturated heterocycles. The fourth-order valence-corrected chi connectivity index (χ4v) is 2.68. The minimum absolute atomic E-state index is 0. The van der Waals surface area contributed by atoms with Crippen molar-refractivity contribution in [2.45, 2.75) is 14.0 Å². The van der Waals surface area contributed by atoms with Crippen LogP contribution in [0.2, 0.25) is 0 Å². The maximum atomic E-state index is 13.2. The summed E-state index contributed by atoms with van der Waals surface area (Å²) in [7, 11) is 0. The van der Waals surface area contributed by atoms with Gasteiger partial charge in [0.15, 0.2) is 0 Å². The van der Waals surface area contributed by atoms with Crippen molar-refractivity contribution in [3.05, 3.63) is 42.6 Å². The molecule has 0 unspecified atom stereocenters. The van der Waals surface area contributed by atoms with Crippen LogP contribution in [0.4, 0.5) is 4.39 Å². The van der Waals surface area contributed by atoms with Crippen molar-refractivity contribution in [2.75, 3.05) is 13.1 Å². The molecule has 5 heteroatoms. The minimum atomic E-state index is -0.223. The molecule has 2 aromatic heterocycles. The van der Waals surface area contributed by atoms with Crippen LogP contribution in [-0.4, -0.2) is 27.9 Å². The molecular formula is C16H19FN4. The van der Waals surface area contributed by atoms with Crippen LogP contribution in [0.1, 0.15) is 7.43 Å². The van der Waals surface area contributed by atoms with Crippen LogP contribution in [0.3, 0.4) is 0 Å². The van der Waals surface area contributed by atoms with Crippen LogP contribution in [0, 0.1) is 11.7 Å². The van der Waals surface area contributed by atoms with Crippen LogP contribution in [0.5, 0.6) is 0 Å². The van der Waals surface area contributed by atoms with E-state index in [1.54, 1.807) is 0 Å². The van der Waals surface area contributed by atoms with Crippen LogP contribution < -0.4 is 5.32 Å². The van der Waals surface area contributed by atoms with E-state index in [0.29, 0.717) is 5.92 Å². The molecule has 4 nitrogen and oxygen atoms in total. The summed E-state index contributed by atoms with van der Waals surface area (Å²) in [5.74, 6) is 0.457. The van der Waals surface area contributed by atoms with E-state index in [1.807, 2.05) is 23.1 Å². The molecule has 3 aromatic rings. The van der Waals surface area contributed by atoms with Gasteiger partial charge in [-0.3, -0.25) is 4.68 Å². The van der Waals surface area contributed by atoms with Crippen molar-refractivity contribution < 1.29 is 4.39 Å². The number of nitrogens with one attached hydrogen (secondary N) is 2. The van der Waals surface area contributed by atoms with Crippen LogP contribution in [0.15, 0.2) is 36.8 Å². The van der Waals surface area contributed by atoms with Crippen LogP contribution in [0.25, 0.3) is 22.0 Å². The molecule has 0 atom stereocenters. The zero-order valence-electron chi connectivity index (χ0n) is 10.9. The lowest BCUT2D eigenvalue weighted by Gasteiger charge is -2.26. The summed E-state index contributed by atoms with van der Waals surface area (Å²) in [6, 6.07) is 4.82. The lowest BCUT2D eigenvalue weighted by molar-refractivity contribution is 0.295. The molecule has 0 saturated carbocycles. The van der Waals surface area contributed by atoms with Gasteiger partial charge in [-0.1, -0.05) is 7.43 Å². The van der Waals surface area contributed by atoms with Gasteiger partial charge in [0.1, 0.15) is 5.82 Å². The predicted molar refractivity (Wildman–Crippen MR) is 82.6 cm³/mol. The summed E-state index contributed by atoms with van der Waals surface area (Å²) < 4.78 is 15.2. The summed E-state index contributed by atoms with van der Waals surface area (Å²) in [5, 5.41) is 8.71. The molecule has 0 bridgehead atoms. The Kier molecular flexibility index (Phi) is 3.51. The fraction of sp³-hybridized carbons (Fsp3) is 0.312. The Morgan fingerprint density at radius 3 is 2.95 bits per heavy atom. The lowest BCUT2D eigenvalue weighted by atomic mass is 10.0. The van der Waals surface area contributed by atoms with E-state index in [-0.39, 0.29) is 13.2 Å². The van der Waals surface area contributed by atoms with Crippen LogP contribution >= 0.6 is 0 Å². The van der Waals surface area contributed by atoms with Gasteiger partial charge in [-0.05, 0) is 18.2 Å². The number of rotatable bonds is 3. The minimum Gasteiger partial charge on any atom is -0.360 e. The van der Waals surface area contributed by atoms with Crippen molar-refractivity contribution >= 4 is 10.9 Å². The van der Waals surface area contributed by atoms with Gasteiger partial charge in [0.25, 0.3) is 0 Å². The Hall–Kier alpha value is -2.14. The summed E-state index contributed by atoms with van der Waals surface area (Å²) in [5.41, 5.74) is 2.95. The average Bonchev–Trinajstić information content (AvgIpc) is 2.99. The molecule has 2 N–H and O–H groups in total. The van der Waals surface area contributed by atoms with Crippen LogP contribution in [-0.2, 0) is 6.54 Å². The first kappa shape index (κ1) is 13.8. The third-order valence-electron chi connectivity index (χ3n) is 3.90. The highest BCUT2D eigenvalue weighted by Gasteiger charge is 2.18. The zero-order valence-corrected chi connectivity index (χ0v) is 10.9. The number of H-pyrrole nitrogens is 1. The van der Waals surface area contributed by atoms with Gasteiger partial charge in [-0.15, -0.1) is 0 Å². The first-order valence-electron chi connectivity index (χ1n) is 6.80. The van der Waals surface area contributed by atoms with E-state index < -0.39 is 0 Å². The van der Waals surface area contributed by atoms with Gasteiger partial charge < -0.3 is 10.3 Å². The zero-order chi connectivity index (χ0) is 13.5. The number of benzene rings is 1. The van der Waals surface area contributed by atoms with Gasteiger partial charge in [0.05, 0.1) is 6.20 Å². The average molecular weight is 286 g/mol. The molecular weight excluding hydrogens is 267 g/mol. The molecule has 1 aromatic carbocycles. The third-order valence-corrected chi connectivity index (χ3v) is 3.90. The van der Waals surface area contributed by atoms with E-state index in [4.69, 9.17) is 0 Å². The highest BCUT2D eigenvalue weighted by molar-refractivity contribution is 5.95. The molecule has 0 amide bonds. The molecule has 0 aliphatic carbocycles. The first-order valence-corrected chi connectivity index (χ1v) is 6.80. The van der Waals surface area contributed by atoms with Gasteiger partial charge in [0.2, 0.25) is 0 Å². The van der Waals surface area contributed by atoms with Crippen molar-refractivity contribution in [1.29, 1.82) is 0 Å². The molecule has 110 valence electrons. The monoisotopic (exact) mass is 286 g/mol. The molecule has 0 radical (unpaired) electrons. The summed E-state index contributed by atoms with van der Waals surface area (Å²) in [6.07, 6.45) is 5.85. The molecule has 1 aliphatic rings. The predicted octanol–water partition coefficient (Wildman–Crippen LogP) is 3.03. The highest BCUT2D eigenvalue weighted by atomic mass is 19.1. The topological polar surface area (TPSA) is 45.6 Å². The van der Waals surface area contributed by atoms with Crippen molar-refractivity contribution in [3.63, 3.8) is 0 Å². The number of fused-ring (bicyclic) bond motifs is 1. The summed E-state index contributed by atoms with van der Waals surface area (Å²) in [4.78, 5) is 3.11. The molecule has 1 fully saturated rings. The van der Waals surface area contributed by atoms with Crippen molar-refractivity contribution in [1.82, 2.24) is 20.1 Å². The molecule has 0 spiro atoms. The number of hydrogen-bond acceptors (Lipinski definition) is 2. The summed E-state index contributed by atoms with van der Waals surface area (Å²) in [6.45, 7) is 3.09. The Morgan fingerprint density at radius 2 is 2.19 bits per heavy atom. The van der Waals surface area contributed by atoms with E-state index in [0.717, 1.165) is 41.7 Å². The molecule has 4 rings (SSSR count). The number of halogens is 1. The second-order valence-electron chi connectivity index (χ2n) is 5.37. The summed E-state index contributed by atoms with van der Waals surface area (Å²) >= 11 is 0. The third kappa shape index (κ3) is 2.45. The second-order valence-corrected chi connectivity index (χ2v) is 5.37. The Morgan fingerprint density at radius 1 is 1.33 bits per heavy atom. The normalized spacial score (nSPS) is 14.9. The molecule has 21 heavy (non-hydrogen) atoms. The maximum Gasteiger partial charge on any atom is 0.125 e. The van der Waals surface area contributed by atoms with Crippen molar-refractivity contribution in [2.24, 2.45) is 5.92 Å². The Labute approximate surface area is 123 Å². The molecule has 3 heterocycles. The lowest BCUT2D eigenvalue weighted by Crippen LogP contribution is -2.44. The van der Waals surface area contributed by atoms with E-state index in [1.165, 1.54) is 12.1 Å². The quantitative estimate of drug-likeness (QED) is 0.777. The fourth-order valence-electron chi connectivity index (χ4n) is 2.68. The number of aromatic amines is 1. The maximum absolute atomic E-state index is 13.2. The number of aromatic nitrogens is 3. The highest BCUT2D eigenvalue weighted by Crippen LogP contribution is 2.28. The van der Waals surface area contributed by atoms with E-state index >= 15 is 0 Å². The standard InChI is InChI=1S/C15H15FN4.CH4/c16-12-1-2-13-14(7-18-15(13)3-12)11-6-19-20(9-11)8-10-4-17-5-10;/h1-3,6-7,9-10,17-18H,4-5,8H2;1H4.